The van der Waals surface area contributed by atoms with Gasteiger partial charge in [0, 0.05) is 16.2 Å². The molecule has 0 N–H and O–H groups in total. The smallest absolute Gasteiger partial charge is 0.144 e. The van der Waals surface area contributed by atoms with Crippen LogP contribution in [0.15, 0.2) is 39.7 Å². The van der Waals surface area contributed by atoms with Gasteiger partial charge >= 0.3 is 0 Å². The third kappa shape index (κ3) is 3.37. The molecule has 0 spiro atoms. The van der Waals surface area contributed by atoms with Crippen LogP contribution in [0.4, 0.5) is 8.78 Å². The SMILES string of the molecule is Cc1ccc(C)c(SCc2c(F)ccc(Br)c2F)c1. The molecular formula is C15H13BrF2S. The number of aryl methyl sites for hydroxylation is 2. The summed E-state index contributed by atoms with van der Waals surface area (Å²) in [5.41, 5.74) is 2.37. The van der Waals surface area contributed by atoms with Gasteiger partial charge in [-0.3, -0.25) is 0 Å². The average molecular weight is 343 g/mol. The highest BCUT2D eigenvalue weighted by Crippen LogP contribution is 2.30. The van der Waals surface area contributed by atoms with Crippen molar-refractivity contribution >= 4 is 27.7 Å². The lowest BCUT2D eigenvalue weighted by molar-refractivity contribution is 0.562. The van der Waals surface area contributed by atoms with E-state index in [1.165, 1.54) is 23.9 Å². The number of hydrogen-bond donors (Lipinski definition) is 0. The molecule has 2 rings (SSSR count). The van der Waals surface area contributed by atoms with Crippen molar-refractivity contribution in [2.75, 3.05) is 0 Å². The van der Waals surface area contributed by atoms with E-state index >= 15 is 0 Å². The van der Waals surface area contributed by atoms with E-state index in [0.717, 1.165) is 16.0 Å². The summed E-state index contributed by atoms with van der Waals surface area (Å²) in [6.45, 7) is 4.00. The number of thioether (sulfide) groups is 1. The van der Waals surface area contributed by atoms with Crippen LogP contribution in [-0.2, 0) is 5.75 Å². The summed E-state index contributed by atoms with van der Waals surface area (Å²) in [6, 6.07) is 8.75. The van der Waals surface area contributed by atoms with Crippen molar-refractivity contribution in [1.29, 1.82) is 0 Å². The van der Waals surface area contributed by atoms with E-state index in [0.29, 0.717) is 4.47 Å². The molecule has 0 heterocycles. The Balaban J connectivity index is 2.24. The Morgan fingerprint density at radius 1 is 1.11 bits per heavy atom. The van der Waals surface area contributed by atoms with Gasteiger partial charge in [0.05, 0.1) is 4.47 Å². The second-order valence-corrected chi connectivity index (χ2v) is 6.25. The molecule has 0 nitrogen and oxygen atoms in total. The number of hydrogen-bond acceptors (Lipinski definition) is 1. The van der Waals surface area contributed by atoms with E-state index in [4.69, 9.17) is 0 Å². The summed E-state index contributed by atoms with van der Waals surface area (Å²) in [5, 5.41) is 0. The zero-order valence-electron chi connectivity index (χ0n) is 10.6. The van der Waals surface area contributed by atoms with Crippen LogP contribution in [0.1, 0.15) is 16.7 Å². The van der Waals surface area contributed by atoms with Crippen LogP contribution < -0.4 is 0 Å². The lowest BCUT2D eigenvalue weighted by atomic mass is 10.2. The first-order valence-corrected chi connectivity index (χ1v) is 7.59. The quantitative estimate of drug-likeness (QED) is 0.514. The van der Waals surface area contributed by atoms with Gasteiger partial charge < -0.3 is 0 Å². The molecule has 0 saturated carbocycles. The van der Waals surface area contributed by atoms with Crippen molar-refractivity contribution in [3.63, 3.8) is 0 Å². The fourth-order valence-corrected chi connectivity index (χ4v) is 3.21. The van der Waals surface area contributed by atoms with Crippen LogP contribution in [0.25, 0.3) is 0 Å². The molecule has 2 aromatic carbocycles. The van der Waals surface area contributed by atoms with Crippen LogP contribution in [0, 0.1) is 25.5 Å². The molecule has 0 bridgehead atoms. The summed E-state index contributed by atoms with van der Waals surface area (Å²) >= 11 is 4.53. The van der Waals surface area contributed by atoms with E-state index in [9.17, 15) is 8.78 Å². The van der Waals surface area contributed by atoms with E-state index in [1.807, 2.05) is 32.0 Å². The molecule has 2 aromatic rings. The maximum atomic E-state index is 13.8. The topological polar surface area (TPSA) is 0 Å². The van der Waals surface area contributed by atoms with Crippen LogP contribution in [0.2, 0.25) is 0 Å². The van der Waals surface area contributed by atoms with Crippen LogP contribution in [0.5, 0.6) is 0 Å². The van der Waals surface area contributed by atoms with Gasteiger partial charge in [-0.15, -0.1) is 11.8 Å². The normalized spacial score (nSPS) is 10.8. The summed E-state index contributed by atoms with van der Waals surface area (Å²) in [4.78, 5) is 1.05. The molecule has 0 unspecified atom stereocenters. The summed E-state index contributed by atoms with van der Waals surface area (Å²) < 4.78 is 27.8. The van der Waals surface area contributed by atoms with Gasteiger partial charge in [-0.2, -0.15) is 0 Å². The standard InChI is InChI=1S/C15H13BrF2S/c1-9-3-4-10(2)14(7-9)19-8-11-13(17)6-5-12(16)15(11)18/h3-7H,8H2,1-2H3. The fraction of sp³-hybridized carbons (Fsp3) is 0.200. The zero-order chi connectivity index (χ0) is 14.0. The van der Waals surface area contributed by atoms with Crippen LogP contribution in [-0.4, -0.2) is 0 Å². The molecule has 0 aliphatic heterocycles. The van der Waals surface area contributed by atoms with Crippen molar-refractivity contribution in [2.24, 2.45) is 0 Å². The molecule has 0 fully saturated rings. The molecule has 0 aliphatic carbocycles. The second kappa shape index (κ2) is 6.06. The Kier molecular flexibility index (Phi) is 4.63. The highest BCUT2D eigenvalue weighted by molar-refractivity contribution is 9.10. The lowest BCUT2D eigenvalue weighted by Crippen LogP contribution is -1.95. The molecule has 0 saturated heterocycles. The van der Waals surface area contributed by atoms with Gasteiger partial charge in [-0.1, -0.05) is 17.7 Å². The number of benzene rings is 2. The molecular weight excluding hydrogens is 330 g/mol. The molecule has 0 aliphatic rings. The Hall–Kier alpha value is -0.870. The van der Waals surface area contributed by atoms with E-state index in [1.54, 1.807) is 0 Å². The van der Waals surface area contributed by atoms with Crippen molar-refractivity contribution in [2.45, 2.75) is 24.5 Å². The first kappa shape index (κ1) is 14.5. The first-order chi connectivity index (χ1) is 8.99. The summed E-state index contributed by atoms with van der Waals surface area (Å²) in [5.74, 6) is -0.738. The minimum absolute atomic E-state index is 0.111. The number of halogens is 3. The third-order valence-electron chi connectivity index (χ3n) is 2.85. The highest BCUT2D eigenvalue weighted by atomic mass is 79.9. The van der Waals surface area contributed by atoms with Crippen LogP contribution >= 0.6 is 27.7 Å². The molecule has 0 radical (unpaired) electrons. The first-order valence-electron chi connectivity index (χ1n) is 5.81. The van der Waals surface area contributed by atoms with Gasteiger partial charge in [0.2, 0.25) is 0 Å². The van der Waals surface area contributed by atoms with Crippen molar-refractivity contribution in [3.05, 3.63) is 63.1 Å². The van der Waals surface area contributed by atoms with Crippen molar-refractivity contribution in [1.82, 2.24) is 0 Å². The molecule has 19 heavy (non-hydrogen) atoms. The predicted octanol–water partition coefficient (Wildman–Crippen LogP) is 5.64. The maximum absolute atomic E-state index is 13.8. The molecule has 0 aromatic heterocycles. The van der Waals surface area contributed by atoms with Crippen molar-refractivity contribution in [3.8, 4) is 0 Å². The van der Waals surface area contributed by atoms with Gasteiger partial charge in [0.1, 0.15) is 11.6 Å². The second-order valence-electron chi connectivity index (χ2n) is 4.38. The molecule has 0 atom stereocenters. The maximum Gasteiger partial charge on any atom is 0.144 e. The van der Waals surface area contributed by atoms with E-state index in [2.05, 4.69) is 15.9 Å². The highest BCUT2D eigenvalue weighted by Gasteiger charge is 2.13. The van der Waals surface area contributed by atoms with E-state index < -0.39 is 11.6 Å². The summed E-state index contributed by atoms with van der Waals surface area (Å²) in [7, 11) is 0. The molecule has 0 amide bonds. The van der Waals surface area contributed by atoms with Gasteiger partial charge in [0.25, 0.3) is 0 Å². The van der Waals surface area contributed by atoms with E-state index in [-0.39, 0.29) is 11.3 Å². The van der Waals surface area contributed by atoms with Gasteiger partial charge in [-0.05, 0) is 53.5 Å². The fourth-order valence-electron chi connectivity index (χ4n) is 1.71. The van der Waals surface area contributed by atoms with Gasteiger partial charge in [0.15, 0.2) is 0 Å². The predicted molar refractivity (Wildman–Crippen MR) is 79.5 cm³/mol. The number of rotatable bonds is 3. The van der Waals surface area contributed by atoms with Gasteiger partial charge in [-0.25, -0.2) is 8.78 Å². The Morgan fingerprint density at radius 2 is 1.84 bits per heavy atom. The van der Waals surface area contributed by atoms with Crippen LogP contribution in [0.3, 0.4) is 0 Å². The monoisotopic (exact) mass is 342 g/mol. The Labute approximate surface area is 124 Å². The molecule has 100 valence electrons. The zero-order valence-corrected chi connectivity index (χ0v) is 13.0. The lowest BCUT2D eigenvalue weighted by Gasteiger charge is -2.09. The largest absolute Gasteiger partial charge is 0.207 e. The average Bonchev–Trinajstić information content (AvgIpc) is 2.38. The summed E-state index contributed by atoms with van der Waals surface area (Å²) in [6.07, 6.45) is 0. The van der Waals surface area contributed by atoms with Crippen molar-refractivity contribution < 1.29 is 8.78 Å². The Bertz CT molecular complexity index is 611. The third-order valence-corrected chi connectivity index (χ3v) is 4.65. The molecule has 4 heteroatoms. The Morgan fingerprint density at radius 3 is 2.58 bits per heavy atom. The minimum Gasteiger partial charge on any atom is -0.207 e. The minimum atomic E-state index is -0.516.